The highest BCUT2D eigenvalue weighted by molar-refractivity contribution is 5.73. The molecule has 2 N–H and O–H groups in total. The Labute approximate surface area is 132 Å². The Morgan fingerprint density at radius 1 is 1.23 bits per heavy atom. The van der Waals surface area contributed by atoms with Crippen LogP contribution in [-0.2, 0) is 11.2 Å². The number of hydrogen-bond donors (Lipinski definition) is 2. The number of benzene rings is 1. The summed E-state index contributed by atoms with van der Waals surface area (Å²) in [4.78, 5) is 14.2. The van der Waals surface area contributed by atoms with Crippen LogP contribution in [-0.4, -0.2) is 56.9 Å². The van der Waals surface area contributed by atoms with Crippen molar-refractivity contribution >= 4 is 6.03 Å². The number of fused-ring (bicyclic) bond motifs is 1. The number of ether oxygens (including phenoxy) is 1. The van der Waals surface area contributed by atoms with Crippen LogP contribution in [0.2, 0.25) is 0 Å². The number of nitrogens with one attached hydrogen (secondary N) is 2. The minimum Gasteiger partial charge on any atom is -0.380 e. The third-order valence-electron chi connectivity index (χ3n) is 4.50. The summed E-state index contributed by atoms with van der Waals surface area (Å²) in [5.74, 6) is 0.477. The summed E-state index contributed by atoms with van der Waals surface area (Å²) in [6, 6.07) is 8.40. The summed E-state index contributed by atoms with van der Waals surface area (Å²) in [6.07, 6.45) is 2.15. The molecule has 2 aliphatic rings. The predicted molar refractivity (Wildman–Crippen MR) is 86.2 cm³/mol. The lowest BCUT2D eigenvalue weighted by Gasteiger charge is -2.30. The number of urea groups is 1. The van der Waals surface area contributed by atoms with Crippen molar-refractivity contribution in [3.05, 3.63) is 35.4 Å². The Morgan fingerprint density at radius 2 is 2.14 bits per heavy atom. The van der Waals surface area contributed by atoms with Crippen LogP contribution in [0.3, 0.4) is 0 Å². The van der Waals surface area contributed by atoms with E-state index in [2.05, 4.69) is 39.8 Å². The van der Waals surface area contributed by atoms with Crippen LogP contribution >= 0.6 is 0 Å². The molecule has 0 bridgehead atoms. The second-order valence-corrected chi connectivity index (χ2v) is 6.04. The van der Waals surface area contributed by atoms with Gasteiger partial charge < -0.3 is 15.4 Å². The van der Waals surface area contributed by atoms with Crippen molar-refractivity contribution in [2.45, 2.75) is 18.8 Å². The molecule has 5 heteroatoms. The van der Waals surface area contributed by atoms with E-state index in [-0.39, 0.29) is 6.03 Å². The molecule has 1 aliphatic heterocycles. The first kappa shape index (κ1) is 15.3. The monoisotopic (exact) mass is 303 g/mol. The lowest BCUT2D eigenvalue weighted by Crippen LogP contribution is -2.43. The number of amides is 2. The van der Waals surface area contributed by atoms with Gasteiger partial charge in [0, 0.05) is 45.2 Å². The zero-order valence-electron chi connectivity index (χ0n) is 13.0. The smallest absolute Gasteiger partial charge is 0.314 e. The van der Waals surface area contributed by atoms with E-state index in [1.165, 1.54) is 11.1 Å². The maximum absolute atomic E-state index is 11.8. The van der Waals surface area contributed by atoms with E-state index in [1.54, 1.807) is 0 Å². The highest BCUT2D eigenvalue weighted by Gasteiger charge is 2.25. The maximum Gasteiger partial charge on any atom is 0.314 e. The molecule has 1 saturated heterocycles. The first-order chi connectivity index (χ1) is 10.8. The van der Waals surface area contributed by atoms with Crippen molar-refractivity contribution in [3.8, 4) is 0 Å². The van der Waals surface area contributed by atoms with E-state index in [1.807, 2.05) is 0 Å². The summed E-state index contributed by atoms with van der Waals surface area (Å²) in [5, 5.41) is 5.93. The zero-order valence-corrected chi connectivity index (χ0v) is 13.0. The van der Waals surface area contributed by atoms with Gasteiger partial charge in [-0.15, -0.1) is 0 Å². The van der Waals surface area contributed by atoms with Crippen LogP contribution in [0, 0.1) is 0 Å². The third-order valence-corrected chi connectivity index (χ3v) is 4.50. The molecule has 1 unspecified atom stereocenters. The average molecular weight is 303 g/mol. The maximum atomic E-state index is 11.8. The Kier molecular flexibility index (Phi) is 5.29. The zero-order chi connectivity index (χ0) is 15.2. The molecular formula is C17H25N3O2. The largest absolute Gasteiger partial charge is 0.380 e. The summed E-state index contributed by atoms with van der Waals surface area (Å²) in [6.45, 7) is 5.97. The first-order valence-corrected chi connectivity index (χ1v) is 8.22. The molecule has 1 aromatic rings. The summed E-state index contributed by atoms with van der Waals surface area (Å²) in [7, 11) is 0. The van der Waals surface area contributed by atoms with Crippen LogP contribution in [0.4, 0.5) is 4.79 Å². The molecule has 0 saturated carbocycles. The summed E-state index contributed by atoms with van der Waals surface area (Å²) in [5.41, 5.74) is 2.80. The molecule has 22 heavy (non-hydrogen) atoms. The van der Waals surface area contributed by atoms with Gasteiger partial charge in [-0.3, -0.25) is 4.90 Å². The molecule has 2 amide bonds. The van der Waals surface area contributed by atoms with Crippen LogP contribution in [0.15, 0.2) is 24.3 Å². The van der Waals surface area contributed by atoms with E-state index >= 15 is 0 Å². The normalized spacial score (nSPS) is 21.4. The molecule has 3 rings (SSSR count). The Hall–Kier alpha value is -1.59. The van der Waals surface area contributed by atoms with Crippen molar-refractivity contribution in [3.63, 3.8) is 0 Å². The van der Waals surface area contributed by atoms with Gasteiger partial charge in [0.25, 0.3) is 0 Å². The molecule has 5 nitrogen and oxygen atoms in total. The van der Waals surface area contributed by atoms with Gasteiger partial charge >= 0.3 is 6.03 Å². The van der Waals surface area contributed by atoms with Crippen LogP contribution in [0.5, 0.6) is 0 Å². The molecule has 0 aromatic heterocycles. The van der Waals surface area contributed by atoms with Crippen LogP contribution < -0.4 is 10.6 Å². The average Bonchev–Trinajstić information content (AvgIpc) is 2.77. The fraction of sp³-hybridized carbons (Fsp3) is 0.588. The summed E-state index contributed by atoms with van der Waals surface area (Å²) < 4.78 is 5.42. The molecule has 1 aromatic carbocycles. The van der Waals surface area contributed by atoms with Gasteiger partial charge in [0.1, 0.15) is 0 Å². The first-order valence-electron chi connectivity index (χ1n) is 8.22. The van der Waals surface area contributed by atoms with E-state index in [9.17, 15) is 4.79 Å². The molecule has 1 fully saturated rings. The minimum absolute atomic E-state index is 0.0598. The van der Waals surface area contributed by atoms with Crippen molar-refractivity contribution in [2.75, 3.05) is 45.9 Å². The third kappa shape index (κ3) is 3.99. The summed E-state index contributed by atoms with van der Waals surface area (Å²) >= 11 is 0. The number of carbonyl (C=O) groups is 1. The number of nitrogens with zero attached hydrogens (tertiary/aromatic N) is 1. The Morgan fingerprint density at radius 3 is 3.05 bits per heavy atom. The van der Waals surface area contributed by atoms with E-state index < -0.39 is 0 Å². The van der Waals surface area contributed by atoms with Crippen LogP contribution in [0.1, 0.15) is 23.5 Å². The standard InChI is InChI=1S/C17H25N3O2/c21-17(18-6-8-20-7-3-10-22-11-9-20)19-13-15-12-14-4-1-2-5-16(14)15/h1-2,4-5,15H,3,6-13H2,(H2,18,19,21). The number of rotatable bonds is 5. The fourth-order valence-corrected chi connectivity index (χ4v) is 3.17. The minimum atomic E-state index is -0.0598. The topological polar surface area (TPSA) is 53.6 Å². The van der Waals surface area contributed by atoms with Gasteiger partial charge in [0.15, 0.2) is 0 Å². The van der Waals surface area contributed by atoms with Crippen molar-refractivity contribution in [2.24, 2.45) is 0 Å². The van der Waals surface area contributed by atoms with Crippen molar-refractivity contribution < 1.29 is 9.53 Å². The van der Waals surface area contributed by atoms with Gasteiger partial charge in [0.2, 0.25) is 0 Å². The predicted octanol–water partition coefficient (Wildman–Crippen LogP) is 1.35. The van der Waals surface area contributed by atoms with E-state index in [0.717, 1.165) is 52.2 Å². The van der Waals surface area contributed by atoms with Gasteiger partial charge in [-0.1, -0.05) is 24.3 Å². The Balaban J connectivity index is 1.30. The van der Waals surface area contributed by atoms with Gasteiger partial charge in [-0.05, 0) is 24.0 Å². The van der Waals surface area contributed by atoms with Gasteiger partial charge in [-0.2, -0.15) is 0 Å². The van der Waals surface area contributed by atoms with Crippen molar-refractivity contribution in [1.82, 2.24) is 15.5 Å². The fourth-order valence-electron chi connectivity index (χ4n) is 3.17. The quantitative estimate of drug-likeness (QED) is 0.863. The number of carbonyl (C=O) groups excluding carboxylic acids is 1. The molecule has 1 aliphatic carbocycles. The van der Waals surface area contributed by atoms with Gasteiger partial charge in [0.05, 0.1) is 6.61 Å². The van der Waals surface area contributed by atoms with Crippen molar-refractivity contribution in [1.29, 1.82) is 0 Å². The van der Waals surface area contributed by atoms with E-state index in [4.69, 9.17) is 4.74 Å². The van der Waals surface area contributed by atoms with E-state index in [0.29, 0.717) is 12.5 Å². The lowest BCUT2D eigenvalue weighted by molar-refractivity contribution is 0.141. The lowest BCUT2D eigenvalue weighted by atomic mass is 9.78. The molecule has 1 heterocycles. The molecule has 1 atom stereocenters. The molecule has 0 radical (unpaired) electrons. The highest BCUT2D eigenvalue weighted by atomic mass is 16.5. The highest BCUT2D eigenvalue weighted by Crippen LogP contribution is 2.33. The second-order valence-electron chi connectivity index (χ2n) is 6.04. The molecule has 0 spiro atoms. The second kappa shape index (κ2) is 7.61. The molecule has 120 valence electrons. The SMILES string of the molecule is O=C(NCCN1CCCOCC1)NCC1Cc2ccccc21. The Bertz CT molecular complexity index is 498. The number of hydrogen-bond acceptors (Lipinski definition) is 3. The van der Waals surface area contributed by atoms with Gasteiger partial charge in [-0.25, -0.2) is 4.79 Å². The van der Waals surface area contributed by atoms with Crippen LogP contribution in [0.25, 0.3) is 0 Å². The molecular weight excluding hydrogens is 278 g/mol.